The zero-order valence-corrected chi connectivity index (χ0v) is 10.7. The molecule has 0 saturated heterocycles. The van der Waals surface area contributed by atoms with Gasteiger partial charge in [0.15, 0.2) is 0 Å². The fraction of sp³-hybridized carbons (Fsp3) is 0.636. The van der Waals surface area contributed by atoms with Gasteiger partial charge in [0.1, 0.15) is 7.11 Å². The van der Waals surface area contributed by atoms with Gasteiger partial charge >= 0.3 is 0 Å². The first-order chi connectivity index (χ1) is 7.29. The Balaban J connectivity index is 3.48. The van der Waals surface area contributed by atoms with E-state index in [0.717, 1.165) is 5.69 Å². The highest BCUT2D eigenvalue weighted by Crippen LogP contribution is 2.22. The van der Waals surface area contributed by atoms with Crippen molar-refractivity contribution in [2.75, 3.05) is 7.11 Å². The fourth-order valence-corrected chi connectivity index (χ4v) is 1.61. The molecule has 0 aliphatic heterocycles. The van der Waals surface area contributed by atoms with E-state index in [2.05, 4.69) is 10.3 Å². The molecule has 5 nitrogen and oxygen atoms in total. The van der Waals surface area contributed by atoms with Gasteiger partial charge < -0.3 is 4.84 Å². The Morgan fingerprint density at radius 2 is 2.00 bits per heavy atom. The molecule has 1 aromatic rings. The van der Waals surface area contributed by atoms with Gasteiger partial charge in [0, 0.05) is 12.5 Å². The minimum absolute atomic E-state index is 0.0803. The maximum Gasteiger partial charge on any atom is 0.275 e. The highest BCUT2D eigenvalue weighted by Gasteiger charge is 2.25. The molecular weight excluding hydrogens is 206 g/mol. The van der Waals surface area contributed by atoms with Gasteiger partial charge in [-0.25, -0.2) is 0 Å². The summed E-state index contributed by atoms with van der Waals surface area (Å²) in [6.45, 7) is 7.90. The number of nitrogens with one attached hydrogen (secondary N) is 1. The number of aromatic amines is 1. The van der Waals surface area contributed by atoms with Crippen molar-refractivity contribution in [3.8, 4) is 0 Å². The molecule has 0 saturated carbocycles. The molecule has 16 heavy (non-hydrogen) atoms. The molecule has 5 heteroatoms. The summed E-state index contributed by atoms with van der Waals surface area (Å²) in [5, 5.41) is 6.89. The molecule has 0 aliphatic rings. The molecule has 1 N–H and O–H groups in total. The summed E-state index contributed by atoms with van der Waals surface area (Å²) >= 11 is 0. The first-order valence-electron chi connectivity index (χ1n) is 5.16. The van der Waals surface area contributed by atoms with E-state index in [4.69, 9.17) is 4.84 Å². The Kier molecular flexibility index (Phi) is 3.26. The lowest BCUT2D eigenvalue weighted by molar-refractivity contribution is 0.213. The lowest BCUT2D eigenvalue weighted by Gasteiger charge is -2.17. The first kappa shape index (κ1) is 12.5. The maximum absolute atomic E-state index is 11.9. The second-order valence-electron chi connectivity index (χ2n) is 4.84. The summed E-state index contributed by atoms with van der Waals surface area (Å²) in [5.74, 6) is 0. The molecule has 0 bridgehead atoms. The second kappa shape index (κ2) is 4.15. The van der Waals surface area contributed by atoms with Gasteiger partial charge in [0.05, 0.1) is 17.0 Å². The number of hydrogen-bond donors (Lipinski definition) is 1. The minimum atomic E-state index is -0.139. The van der Waals surface area contributed by atoms with Crippen LogP contribution in [-0.4, -0.2) is 22.6 Å². The Morgan fingerprint density at radius 3 is 2.44 bits per heavy atom. The van der Waals surface area contributed by atoms with Crippen molar-refractivity contribution in [3.63, 3.8) is 0 Å². The summed E-state index contributed by atoms with van der Waals surface area (Å²) in [5.41, 5.74) is 1.84. The highest BCUT2D eigenvalue weighted by molar-refractivity contribution is 5.99. The Hall–Kier alpha value is -1.52. The van der Waals surface area contributed by atoms with E-state index in [1.807, 2.05) is 20.8 Å². The third-order valence-corrected chi connectivity index (χ3v) is 2.39. The van der Waals surface area contributed by atoms with Crippen molar-refractivity contribution in [1.29, 1.82) is 0 Å². The zero-order chi connectivity index (χ0) is 12.5. The number of aryl methyl sites for hydroxylation is 1. The van der Waals surface area contributed by atoms with Crippen molar-refractivity contribution < 1.29 is 4.84 Å². The topological polar surface area (TPSA) is 59.4 Å². The van der Waals surface area contributed by atoms with Crippen LogP contribution < -0.4 is 5.56 Å². The summed E-state index contributed by atoms with van der Waals surface area (Å²) in [6.07, 6.45) is 0. The van der Waals surface area contributed by atoms with E-state index < -0.39 is 0 Å². The van der Waals surface area contributed by atoms with Crippen LogP contribution in [0.25, 0.3) is 0 Å². The van der Waals surface area contributed by atoms with Crippen molar-refractivity contribution in [2.24, 2.45) is 12.2 Å². The van der Waals surface area contributed by atoms with Crippen LogP contribution in [0.15, 0.2) is 9.95 Å². The van der Waals surface area contributed by atoms with Gasteiger partial charge in [-0.15, -0.1) is 0 Å². The van der Waals surface area contributed by atoms with Crippen molar-refractivity contribution in [2.45, 2.75) is 33.1 Å². The molecule has 0 amide bonds. The molecule has 0 aliphatic carbocycles. The largest absolute Gasteiger partial charge is 0.399 e. The fourth-order valence-electron chi connectivity index (χ4n) is 1.61. The summed E-state index contributed by atoms with van der Waals surface area (Å²) in [7, 11) is 3.17. The van der Waals surface area contributed by atoms with E-state index in [-0.39, 0.29) is 11.0 Å². The number of hydrogen-bond acceptors (Lipinski definition) is 3. The number of rotatable bonds is 2. The monoisotopic (exact) mass is 225 g/mol. The first-order valence-corrected chi connectivity index (χ1v) is 5.16. The van der Waals surface area contributed by atoms with Gasteiger partial charge in [-0.2, -0.15) is 0 Å². The van der Waals surface area contributed by atoms with Crippen LogP contribution in [0.5, 0.6) is 0 Å². The number of oxime groups is 1. The molecule has 0 fully saturated rings. The molecule has 0 aromatic carbocycles. The molecule has 1 aromatic heterocycles. The average molecular weight is 225 g/mol. The van der Waals surface area contributed by atoms with Crippen molar-refractivity contribution >= 4 is 5.71 Å². The molecule has 90 valence electrons. The molecule has 1 rings (SSSR count). The highest BCUT2D eigenvalue weighted by atomic mass is 16.6. The van der Waals surface area contributed by atoms with Crippen LogP contribution in [0, 0.1) is 0 Å². The third-order valence-electron chi connectivity index (χ3n) is 2.39. The number of aromatic nitrogens is 2. The zero-order valence-electron chi connectivity index (χ0n) is 10.7. The summed E-state index contributed by atoms with van der Waals surface area (Å²) in [6, 6.07) is 0. The molecule has 1 heterocycles. The Labute approximate surface area is 95.1 Å². The van der Waals surface area contributed by atoms with Gasteiger partial charge in [0.25, 0.3) is 5.56 Å². The van der Waals surface area contributed by atoms with E-state index in [0.29, 0.717) is 11.3 Å². The normalized spacial score (nSPS) is 13.0. The standard InChI is InChI=1S/C11H19N3O2/c1-7(13-16-6)8-9(11(2,3)4)12-14(5)10(8)15/h12H,1-6H3. The van der Waals surface area contributed by atoms with E-state index in [9.17, 15) is 4.79 Å². The van der Waals surface area contributed by atoms with E-state index >= 15 is 0 Å². The van der Waals surface area contributed by atoms with Gasteiger partial charge in [-0.3, -0.25) is 14.6 Å². The second-order valence-corrected chi connectivity index (χ2v) is 4.84. The van der Waals surface area contributed by atoms with Crippen LogP contribution >= 0.6 is 0 Å². The minimum Gasteiger partial charge on any atom is -0.399 e. The molecule has 0 unspecified atom stereocenters. The summed E-state index contributed by atoms with van der Waals surface area (Å²) in [4.78, 5) is 16.7. The predicted octanol–water partition coefficient (Wildman–Crippen LogP) is 1.38. The van der Waals surface area contributed by atoms with Crippen LogP contribution in [0.2, 0.25) is 0 Å². The van der Waals surface area contributed by atoms with Crippen LogP contribution in [0.4, 0.5) is 0 Å². The smallest absolute Gasteiger partial charge is 0.275 e. The molecule has 0 atom stereocenters. The number of H-pyrrole nitrogens is 1. The maximum atomic E-state index is 11.9. The van der Waals surface area contributed by atoms with E-state index in [1.165, 1.54) is 11.8 Å². The average Bonchev–Trinajstić information content (AvgIpc) is 2.43. The Bertz CT molecular complexity index is 461. The van der Waals surface area contributed by atoms with Gasteiger partial charge in [0.2, 0.25) is 0 Å². The van der Waals surface area contributed by atoms with Crippen molar-refractivity contribution in [1.82, 2.24) is 9.78 Å². The molecular formula is C11H19N3O2. The van der Waals surface area contributed by atoms with Gasteiger partial charge in [-0.05, 0) is 6.92 Å². The van der Waals surface area contributed by atoms with Crippen LogP contribution in [0.3, 0.4) is 0 Å². The van der Waals surface area contributed by atoms with Crippen LogP contribution in [0.1, 0.15) is 39.0 Å². The van der Waals surface area contributed by atoms with Crippen molar-refractivity contribution in [3.05, 3.63) is 21.6 Å². The molecule has 0 spiro atoms. The third kappa shape index (κ3) is 2.18. The van der Waals surface area contributed by atoms with Gasteiger partial charge in [-0.1, -0.05) is 25.9 Å². The lowest BCUT2D eigenvalue weighted by Crippen LogP contribution is -2.21. The van der Waals surface area contributed by atoms with E-state index in [1.54, 1.807) is 14.0 Å². The number of nitrogens with zero attached hydrogens (tertiary/aromatic N) is 2. The lowest BCUT2D eigenvalue weighted by atomic mass is 9.88. The van der Waals surface area contributed by atoms with Crippen LogP contribution in [-0.2, 0) is 17.3 Å². The quantitative estimate of drug-likeness (QED) is 0.610. The molecule has 0 radical (unpaired) electrons. The Morgan fingerprint density at radius 1 is 1.44 bits per heavy atom. The predicted molar refractivity (Wildman–Crippen MR) is 64.0 cm³/mol. The SMILES string of the molecule is CON=C(C)c1c(C(C)(C)C)[nH]n(C)c1=O. The summed E-state index contributed by atoms with van der Waals surface area (Å²) < 4.78 is 1.46.